The largest absolute Gasteiger partial charge is 0.407 e. The van der Waals surface area contributed by atoms with Gasteiger partial charge < -0.3 is 4.42 Å². The molecule has 3 aromatic rings. The van der Waals surface area contributed by atoms with Crippen LogP contribution < -0.4 is 4.90 Å². The SMILES string of the molecule is CN(c1ccncc1)c1nnc(Cc2c(Cl)cccc2Cl)o1. The average Bonchev–Trinajstić information content (AvgIpc) is 3.00. The Morgan fingerprint density at radius 2 is 1.73 bits per heavy atom. The van der Waals surface area contributed by atoms with Gasteiger partial charge >= 0.3 is 6.01 Å². The van der Waals surface area contributed by atoms with Crippen molar-refractivity contribution >= 4 is 34.9 Å². The third-order valence-corrected chi connectivity index (χ3v) is 3.89. The first-order chi connectivity index (χ1) is 10.6. The lowest BCUT2D eigenvalue weighted by atomic mass is 10.1. The highest BCUT2D eigenvalue weighted by Crippen LogP contribution is 2.28. The standard InChI is InChI=1S/C15H12Cl2N4O/c1-21(10-5-7-18-8-6-10)15-20-19-14(22-15)9-11-12(16)3-2-4-13(11)17/h2-8H,9H2,1H3. The first kappa shape index (κ1) is 14.8. The number of rotatable bonds is 4. The molecule has 1 aromatic carbocycles. The minimum absolute atomic E-state index is 0.385. The molecule has 0 saturated carbocycles. The van der Waals surface area contributed by atoms with E-state index in [4.69, 9.17) is 27.6 Å². The number of nitrogens with zero attached hydrogens (tertiary/aromatic N) is 4. The summed E-state index contributed by atoms with van der Waals surface area (Å²) in [5.74, 6) is 0.450. The van der Waals surface area contributed by atoms with Gasteiger partial charge in [0.2, 0.25) is 5.89 Å². The number of hydrogen-bond donors (Lipinski definition) is 0. The summed E-state index contributed by atoms with van der Waals surface area (Å²) in [6.45, 7) is 0. The van der Waals surface area contributed by atoms with Crippen molar-refractivity contribution < 1.29 is 4.42 Å². The number of aromatic nitrogens is 3. The van der Waals surface area contributed by atoms with Gasteiger partial charge in [0.15, 0.2) is 0 Å². The van der Waals surface area contributed by atoms with E-state index in [9.17, 15) is 0 Å². The van der Waals surface area contributed by atoms with Crippen molar-refractivity contribution in [1.29, 1.82) is 0 Å². The zero-order chi connectivity index (χ0) is 15.5. The second kappa shape index (κ2) is 6.34. The maximum atomic E-state index is 6.15. The molecular weight excluding hydrogens is 323 g/mol. The van der Waals surface area contributed by atoms with Gasteiger partial charge in [0, 0.05) is 35.2 Å². The summed E-state index contributed by atoms with van der Waals surface area (Å²) in [7, 11) is 1.84. The van der Waals surface area contributed by atoms with Gasteiger partial charge in [-0.3, -0.25) is 9.88 Å². The third kappa shape index (κ3) is 3.05. The fourth-order valence-corrected chi connectivity index (χ4v) is 2.51. The maximum absolute atomic E-state index is 6.15. The second-order valence-electron chi connectivity index (χ2n) is 4.62. The van der Waals surface area contributed by atoms with Crippen LogP contribution in [0.3, 0.4) is 0 Å². The van der Waals surface area contributed by atoms with Crippen LogP contribution in [0.5, 0.6) is 0 Å². The molecule has 0 aliphatic carbocycles. The summed E-state index contributed by atoms with van der Waals surface area (Å²) >= 11 is 12.3. The van der Waals surface area contributed by atoms with Gasteiger partial charge in [-0.15, -0.1) is 5.10 Å². The summed E-state index contributed by atoms with van der Waals surface area (Å²) in [6.07, 6.45) is 3.79. The van der Waals surface area contributed by atoms with E-state index in [0.29, 0.717) is 28.4 Å². The molecular formula is C15H12Cl2N4O. The van der Waals surface area contributed by atoms with E-state index >= 15 is 0 Å². The van der Waals surface area contributed by atoms with E-state index in [1.807, 2.05) is 19.2 Å². The molecule has 0 spiro atoms. The lowest BCUT2D eigenvalue weighted by molar-refractivity contribution is 0.509. The molecule has 0 unspecified atom stereocenters. The highest BCUT2D eigenvalue weighted by atomic mass is 35.5. The van der Waals surface area contributed by atoms with Gasteiger partial charge in [0.1, 0.15) is 0 Å². The number of hydrogen-bond acceptors (Lipinski definition) is 5. The van der Waals surface area contributed by atoms with E-state index in [1.54, 1.807) is 35.5 Å². The second-order valence-corrected chi connectivity index (χ2v) is 5.43. The van der Waals surface area contributed by atoms with Crippen molar-refractivity contribution in [2.45, 2.75) is 6.42 Å². The van der Waals surface area contributed by atoms with Crippen LogP contribution in [-0.2, 0) is 6.42 Å². The zero-order valence-corrected chi connectivity index (χ0v) is 13.2. The van der Waals surface area contributed by atoms with Crippen molar-refractivity contribution in [3.8, 4) is 0 Å². The molecule has 5 nitrogen and oxygen atoms in total. The molecule has 112 valence electrons. The third-order valence-electron chi connectivity index (χ3n) is 3.18. The molecule has 0 radical (unpaired) electrons. The minimum Gasteiger partial charge on any atom is -0.407 e. The summed E-state index contributed by atoms with van der Waals surface area (Å²) < 4.78 is 5.68. The molecule has 0 aliphatic rings. The van der Waals surface area contributed by atoms with Crippen LogP contribution in [0.4, 0.5) is 11.7 Å². The topological polar surface area (TPSA) is 55.1 Å². The molecule has 0 bridgehead atoms. The lowest BCUT2D eigenvalue weighted by Gasteiger charge is -2.12. The van der Waals surface area contributed by atoms with Gasteiger partial charge in [-0.1, -0.05) is 34.4 Å². The Labute approximate surface area is 137 Å². The van der Waals surface area contributed by atoms with Crippen LogP contribution in [0.25, 0.3) is 0 Å². The molecule has 0 aliphatic heterocycles. The molecule has 0 saturated heterocycles. The minimum atomic E-state index is 0.385. The summed E-state index contributed by atoms with van der Waals surface area (Å²) in [4.78, 5) is 5.76. The molecule has 3 rings (SSSR count). The van der Waals surface area contributed by atoms with Gasteiger partial charge in [-0.05, 0) is 29.8 Å². The Kier molecular flexibility index (Phi) is 4.27. The van der Waals surface area contributed by atoms with Crippen molar-refractivity contribution in [3.63, 3.8) is 0 Å². The predicted molar refractivity (Wildman–Crippen MR) is 85.9 cm³/mol. The zero-order valence-electron chi connectivity index (χ0n) is 11.7. The number of pyridine rings is 1. The Bertz CT molecular complexity index is 756. The first-order valence-corrected chi connectivity index (χ1v) is 7.30. The monoisotopic (exact) mass is 334 g/mol. The predicted octanol–water partition coefficient (Wildman–Crippen LogP) is 4.13. The van der Waals surface area contributed by atoms with E-state index in [-0.39, 0.29) is 0 Å². The summed E-state index contributed by atoms with van der Waals surface area (Å²) in [6, 6.07) is 9.46. The van der Waals surface area contributed by atoms with E-state index in [1.165, 1.54) is 0 Å². The first-order valence-electron chi connectivity index (χ1n) is 6.54. The van der Waals surface area contributed by atoms with E-state index in [2.05, 4.69) is 15.2 Å². The quantitative estimate of drug-likeness (QED) is 0.717. The van der Waals surface area contributed by atoms with Crippen molar-refractivity contribution in [3.05, 3.63) is 64.2 Å². The van der Waals surface area contributed by atoms with Crippen molar-refractivity contribution in [2.24, 2.45) is 0 Å². The Hall–Kier alpha value is -2.11. The van der Waals surface area contributed by atoms with Crippen LogP contribution in [0.1, 0.15) is 11.5 Å². The number of benzene rings is 1. The Balaban J connectivity index is 1.82. The van der Waals surface area contributed by atoms with Crippen LogP contribution in [0, 0.1) is 0 Å². The van der Waals surface area contributed by atoms with Gasteiger partial charge in [0.05, 0.1) is 6.42 Å². The maximum Gasteiger partial charge on any atom is 0.322 e. The number of halogens is 2. The fourth-order valence-electron chi connectivity index (χ4n) is 1.98. The number of anilines is 2. The van der Waals surface area contributed by atoms with Crippen LogP contribution in [0.2, 0.25) is 10.0 Å². The highest BCUT2D eigenvalue weighted by molar-refractivity contribution is 6.36. The fraction of sp³-hybridized carbons (Fsp3) is 0.133. The molecule has 0 fully saturated rings. The Morgan fingerprint density at radius 3 is 2.41 bits per heavy atom. The molecule has 0 amide bonds. The lowest BCUT2D eigenvalue weighted by Crippen LogP contribution is -2.09. The van der Waals surface area contributed by atoms with Crippen LogP contribution in [-0.4, -0.2) is 22.2 Å². The molecule has 0 atom stereocenters. The molecule has 22 heavy (non-hydrogen) atoms. The molecule has 0 N–H and O–H groups in total. The Morgan fingerprint density at radius 1 is 1.05 bits per heavy atom. The average molecular weight is 335 g/mol. The summed E-state index contributed by atoms with van der Waals surface area (Å²) in [5, 5.41) is 9.26. The molecule has 2 aromatic heterocycles. The van der Waals surface area contributed by atoms with Crippen molar-refractivity contribution in [2.75, 3.05) is 11.9 Å². The van der Waals surface area contributed by atoms with Crippen LogP contribution in [0.15, 0.2) is 47.1 Å². The summed E-state index contributed by atoms with van der Waals surface area (Å²) in [5.41, 5.74) is 1.67. The van der Waals surface area contributed by atoms with Crippen LogP contribution >= 0.6 is 23.2 Å². The normalized spacial score (nSPS) is 10.7. The molecule has 7 heteroatoms. The van der Waals surface area contributed by atoms with Gasteiger partial charge in [-0.25, -0.2) is 0 Å². The highest BCUT2D eigenvalue weighted by Gasteiger charge is 2.15. The molecule has 2 heterocycles. The van der Waals surface area contributed by atoms with Crippen molar-refractivity contribution in [1.82, 2.24) is 15.2 Å². The smallest absolute Gasteiger partial charge is 0.322 e. The van der Waals surface area contributed by atoms with E-state index < -0.39 is 0 Å². The van der Waals surface area contributed by atoms with Gasteiger partial charge in [0.25, 0.3) is 0 Å². The van der Waals surface area contributed by atoms with E-state index in [0.717, 1.165) is 11.3 Å². The van der Waals surface area contributed by atoms with Gasteiger partial charge in [-0.2, -0.15) is 0 Å².